The highest BCUT2D eigenvalue weighted by Gasteiger charge is 2.24. The third-order valence-electron chi connectivity index (χ3n) is 3.37. The number of nitrogens with two attached hydrogens (primary N) is 1. The van der Waals surface area contributed by atoms with E-state index in [1.165, 1.54) is 31.5 Å². The molecule has 1 atom stereocenters. The van der Waals surface area contributed by atoms with E-state index in [-0.39, 0.29) is 0 Å². The highest BCUT2D eigenvalue weighted by molar-refractivity contribution is 4.99. The van der Waals surface area contributed by atoms with Crippen molar-refractivity contribution in [3.8, 4) is 0 Å². The molecule has 0 saturated carbocycles. The fourth-order valence-corrected chi connectivity index (χ4v) is 2.54. The van der Waals surface area contributed by atoms with Crippen molar-refractivity contribution in [1.29, 1.82) is 0 Å². The van der Waals surface area contributed by atoms with E-state index in [4.69, 9.17) is 5.73 Å². The second-order valence-corrected chi connectivity index (χ2v) is 4.68. The van der Waals surface area contributed by atoms with Crippen molar-refractivity contribution in [2.75, 3.05) is 13.1 Å². The molecule has 1 aliphatic rings. The van der Waals surface area contributed by atoms with E-state index in [1.807, 2.05) is 17.9 Å². The van der Waals surface area contributed by atoms with Crippen LogP contribution >= 0.6 is 0 Å². The maximum atomic E-state index is 5.57. The topological polar surface area (TPSA) is 47.1 Å². The monoisotopic (exact) mass is 222 g/mol. The largest absolute Gasteiger partial charge is 0.330 e. The molecule has 0 aliphatic carbocycles. The first-order valence-corrected chi connectivity index (χ1v) is 6.22. The maximum absolute atomic E-state index is 5.57. The van der Waals surface area contributed by atoms with E-state index in [0.29, 0.717) is 0 Å². The molecule has 1 aliphatic heterocycles. The predicted molar refractivity (Wildman–Crippen MR) is 64.9 cm³/mol. The molecule has 2 heterocycles. The molecule has 1 aromatic rings. The van der Waals surface area contributed by atoms with Crippen LogP contribution in [0.4, 0.5) is 0 Å². The average Bonchev–Trinajstić information content (AvgIpc) is 2.86. The molecular weight excluding hydrogens is 200 g/mol. The molecule has 0 amide bonds. The lowest BCUT2D eigenvalue weighted by Gasteiger charge is -2.23. The Balaban J connectivity index is 1.88. The van der Waals surface area contributed by atoms with Crippen LogP contribution in [0.2, 0.25) is 0 Å². The first kappa shape index (κ1) is 11.6. The number of hydrogen-bond donors (Lipinski definition) is 1. The van der Waals surface area contributed by atoms with E-state index < -0.39 is 0 Å². The van der Waals surface area contributed by atoms with Gasteiger partial charge in [-0.3, -0.25) is 9.58 Å². The van der Waals surface area contributed by atoms with Crippen molar-refractivity contribution < 1.29 is 0 Å². The van der Waals surface area contributed by atoms with Crippen molar-refractivity contribution in [1.82, 2.24) is 14.7 Å². The molecule has 0 radical (unpaired) electrons. The number of hydrogen-bond acceptors (Lipinski definition) is 3. The van der Waals surface area contributed by atoms with Gasteiger partial charge in [-0.2, -0.15) is 5.10 Å². The maximum Gasteiger partial charge on any atom is 0.0764 e. The van der Waals surface area contributed by atoms with Gasteiger partial charge in [0, 0.05) is 25.8 Å². The van der Waals surface area contributed by atoms with Gasteiger partial charge in [0.15, 0.2) is 0 Å². The summed E-state index contributed by atoms with van der Waals surface area (Å²) in [7, 11) is 1.97. The Morgan fingerprint density at radius 3 is 3.12 bits per heavy atom. The Labute approximate surface area is 97.4 Å². The summed E-state index contributed by atoms with van der Waals surface area (Å²) in [5.74, 6) is 0. The molecule has 1 saturated heterocycles. The number of rotatable bonds is 5. The first-order chi connectivity index (χ1) is 7.79. The van der Waals surface area contributed by atoms with Gasteiger partial charge < -0.3 is 5.73 Å². The summed E-state index contributed by atoms with van der Waals surface area (Å²) in [4.78, 5) is 2.55. The zero-order valence-electron chi connectivity index (χ0n) is 10.1. The Hall–Kier alpha value is -0.870. The third kappa shape index (κ3) is 2.83. The molecule has 0 spiro atoms. The molecule has 1 unspecified atom stereocenters. The van der Waals surface area contributed by atoms with Gasteiger partial charge in [-0.25, -0.2) is 0 Å². The first-order valence-electron chi connectivity index (χ1n) is 6.22. The Kier molecular flexibility index (Phi) is 3.96. The predicted octanol–water partition coefficient (Wildman–Crippen LogP) is 1.12. The molecule has 1 fully saturated rings. The number of aromatic nitrogens is 2. The van der Waals surface area contributed by atoms with Crippen LogP contribution < -0.4 is 5.73 Å². The molecule has 16 heavy (non-hydrogen) atoms. The van der Waals surface area contributed by atoms with E-state index in [1.54, 1.807) is 0 Å². The summed E-state index contributed by atoms with van der Waals surface area (Å²) in [6.07, 6.45) is 7.04. The summed E-state index contributed by atoms with van der Waals surface area (Å²) < 4.78 is 1.88. The minimum absolute atomic E-state index is 0.727. The molecule has 1 aromatic heterocycles. The molecule has 90 valence electrons. The molecular formula is C12H22N4. The van der Waals surface area contributed by atoms with E-state index >= 15 is 0 Å². The van der Waals surface area contributed by atoms with Gasteiger partial charge >= 0.3 is 0 Å². The van der Waals surface area contributed by atoms with Crippen LogP contribution in [0, 0.1) is 0 Å². The van der Waals surface area contributed by atoms with Crippen molar-refractivity contribution in [3.63, 3.8) is 0 Å². The fourth-order valence-electron chi connectivity index (χ4n) is 2.54. The quantitative estimate of drug-likeness (QED) is 0.812. The van der Waals surface area contributed by atoms with Crippen LogP contribution in [0.1, 0.15) is 31.4 Å². The molecule has 0 bridgehead atoms. The van der Waals surface area contributed by atoms with Crippen molar-refractivity contribution in [2.45, 2.75) is 38.3 Å². The highest BCUT2D eigenvalue weighted by atomic mass is 15.3. The average molecular weight is 222 g/mol. The Morgan fingerprint density at radius 2 is 2.44 bits per heavy atom. The summed E-state index contributed by atoms with van der Waals surface area (Å²) in [5, 5.41) is 4.44. The molecule has 0 aromatic carbocycles. The van der Waals surface area contributed by atoms with Gasteiger partial charge in [0.05, 0.1) is 5.69 Å². The highest BCUT2D eigenvalue weighted by Crippen LogP contribution is 2.22. The Bertz CT molecular complexity index is 321. The standard InChI is InChI=1S/C12H22N4/c1-15-9-6-11(14-15)10-16-8-3-5-12(16)4-2-7-13/h6,9,12H,2-5,7-8,10,13H2,1H3. The van der Waals surface area contributed by atoms with Gasteiger partial charge in [0.25, 0.3) is 0 Å². The van der Waals surface area contributed by atoms with Crippen LogP contribution in [0.25, 0.3) is 0 Å². The molecule has 4 heteroatoms. The van der Waals surface area contributed by atoms with Gasteiger partial charge in [0.2, 0.25) is 0 Å². The van der Waals surface area contributed by atoms with E-state index in [9.17, 15) is 0 Å². The molecule has 4 nitrogen and oxygen atoms in total. The normalized spacial score (nSPS) is 21.8. The van der Waals surface area contributed by atoms with Gasteiger partial charge in [-0.1, -0.05) is 0 Å². The van der Waals surface area contributed by atoms with Crippen LogP contribution in [-0.2, 0) is 13.6 Å². The van der Waals surface area contributed by atoms with Gasteiger partial charge in [-0.05, 0) is 44.8 Å². The van der Waals surface area contributed by atoms with Crippen molar-refractivity contribution in [2.24, 2.45) is 12.8 Å². The summed E-state index contributed by atoms with van der Waals surface area (Å²) in [5.41, 5.74) is 6.76. The second-order valence-electron chi connectivity index (χ2n) is 4.68. The second kappa shape index (κ2) is 5.46. The fraction of sp³-hybridized carbons (Fsp3) is 0.750. The van der Waals surface area contributed by atoms with Crippen LogP contribution in [0.3, 0.4) is 0 Å². The third-order valence-corrected chi connectivity index (χ3v) is 3.37. The van der Waals surface area contributed by atoms with Gasteiger partial charge in [-0.15, -0.1) is 0 Å². The van der Waals surface area contributed by atoms with Gasteiger partial charge in [0.1, 0.15) is 0 Å². The van der Waals surface area contributed by atoms with Crippen molar-refractivity contribution in [3.05, 3.63) is 18.0 Å². The van der Waals surface area contributed by atoms with Crippen molar-refractivity contribution >= 4 is 0 Å². The van der Waals surface area contributed by atoms with E-state index in [2.05, 4.69) is 16.1 Å². The zero-order chi connectivity index (χ0) is 11.4. The minimum atomic E-state index is 0.727. The lowest BCUT2D eigenvalue weighted by molar-refractivity contribution is 0.229. The lowest BCUT2D eigenvalue weighted by atomic mass is 10.1. The summed E-state index contributed by atoms with van der Waals surface area (Å²) >= 11 is 0. The minimum Gasteiger partial charge on any atom is -0.330 e. The van der Waals surface area contributed by atoms with Crippen LogP contribution in [-0.4, -0.2) is 33.8 Å². The summed E-state index contributed by atoms with van der Waals surface area (Å²) in [6, 6.07) is 2.84. The Morgan fingerprint density at radius 1 is 1.56 bits per heavy atom. The lowest BCUT2D eigenvalue weighted by Crippen LogP contribution is -2.29. The SMILES string of the molecule is Cn1ccc(CN2CCCC2CCCN)n1. The van der Waals surface area contributed by atoms with Crippen LogP contribution in [0.15, 0.2) is 12.3 Å². The van der Waals surface area contributed by atoms with Crippen LogP contribution in [0.5, 0.6) is 0 Å². The molecule has 2 rings (SSSR count). The summed E-state index contributed by atoms with van der Waals surface area (Å²) in [6.45, 7) is 3.02. The zero-order valence-corrected chi connectivity index (χ0v) is 10.1. The molecule has 2 N–H and O–H groups in total. The number of likely N-dealkylation sites (tertiary alicyclic amines) is 1. The number of nitrogens with zero attached hydrogens (tertiary/aromatic N) is 3. The smallest absolute Gasteiger partial charge is 0.0764 e. The van der Waals surface area contributed by atoms with E-state index in [0.717, 1.165) is 25.6 Å². The number of aryl methyl sites for hydroxylation is 1.